The molecule has 0 saturated carbocycles. The average Bonchev–Trinajstić information content (AvgIpc) is 2.26. The molecule has 0 aromatic heterocycles. The molecule has 4 N–H and O–H groups in total. The maximum absolute atomic E-state index is 9.91. The van der Waals surface area contributed by atoms with Crippen LogP contribution in [0, 0.1) is 5.92 Å². The standard InChI is InChI=1S/C4H8O4.C4H9.3C3H8O.Ti/c1-7-4(8-2)3(5)6;1-4(2)3;3*1-3(2)4;/h4H,1-2H3,(H,5,6);1-3H3;3*3-4H,1-2H3;/q;-1;;;;. The fraction of sp³-hybridized carbons (Fsp3) is 0.882. The first-order valence-electron chi connectivity index (χ1n) is 7.74. The second-order valence-corrected chi connectivity index (χ2v) is 5.92. The first-order valence-corrected chi connectivity index (χ1v) is 7.74. The zero-order chi connectivity index (χ0) is 20.9. The van der Waals surface area contributed by atoms with Crippen LogP contribution in [0.4, 0.5) is 0 Å². The number of aliphatic hydroxyl groups excluding tert-OH is 3. The van der Waals surface area contributed by atoms with Crippen molar-refractivity contribution < 1.29 is 56.4 Å². The van der Waals surface area contributed by atoms with Gasteiger partial charge < -0.3 is 35.8 Å². The van der Waals surface area contributed by atoms with Crippen molar-refractivity contribution in [2.45, 2.75) is 86.9 Å². The minimum absolute atomic E-state index is 0. The molecule has 0 atom stereocenters. The number of hydrogen-bond donors (Lipinski definition) is 4. The zero-order valence-corrected chi connectivity index (χ0v) is 19.4. The summed E-state index contributed by atoms with van der Waals surface area (Å²) < 4.78 is 8.68. The van der Waals surface area contributed by atoms with E-state index in [-0.39, 0.29) is 40.0 Å². The molecule has 25 heavy (non-hydrogen) atoms. The monoisotopic (exact) mass is 405 g/mol. The molecule has 7 nitrogen and oxygen atoms in total. The zero-order valence-electron chi connectivity index (χ0n) is 17.8. The molecule has 0 heterocycles. The Morgan fingerprint density at radius 1 is 0.760 bits per heavy atom. The molecule has 0 unspecified atom stereocenters. The molecule has 0 saturated heterocycles. The largest absolute Gasteiger partial charge is 0.477 e. The summed E-state index contributed by atoms with van der Waals surface area (Å²) in [6, 6.07) is 0. The van der Waals surface area contributed by atoms with Crippen molar-refractivity contribution in [2.24, 2.45) is 0 Å². The van der Waals surface area contributed by atoms with Crippen LogP contribution in [0.15, 0.2) is 0 Å². The van der Waals surface area contributed by atoms with Crippen molar-refractivity contribution in [1.82, 2.24) is 0 Å². The second-order valence-electron chi connectivity index (χ2n) is 5.92. The Morgan fingerprint density at radius 3 is 0.880 bits per heavy atom. The van der Waals surface area contributed by atoms with Crippen LogP contribution in [0.5, 0.6) is 0 Å². The molecule has 0 aliphatic rings. The Hall–Kier alpha value is -0.0157. The topological polar surface area (TPSA) is 116 Å². The van der Waals surface area contributed by atoms with E-state index in [2.05, 4.69) is 30.2 Å². The van der Waals surface area contributed by atoms with Crippen molar-refractivity contribution in [3.05, 3.63) is 5.92 Å². The van der Waals surface area contributed by atoms with Crippen LogP contribution in [0.2, 0.25) is 0 Å². The summed E-state index contributed by atoms with van der Waals surface area (Å²) in [7, 11) is 2.53. The van der Waals surface area contributed by atoms with E-state index in [1.54, 1.807) is 41.5 Å². The number of hydrogen-bond acceptors (Lipinski definition) is 6. The molecule has 0 rings (SSSR count). The molecule has 0 aliphatic heterocycles. The summed E-state index contributed by atoms with van der Waals surface area (Å²) in [6.07, 6.45) is -1.63. The van der Waals surface area contributed by atoms with Crippen LogP contribution in [0.1, 0.15) is 62.3 Å². The van der Waals surface area contributed by atoms with E-state index < -0.39 is 12.3 Å². The van der Waals surface area contributed by atoms with E-state index in [0.29, 0.717) is 0 Å². The summed E-state index contributed by atoms with van der Waals surface area (Å²) in [5.74, 6) is 0.301. The molecule has 0 aromatic rings. The van der Waals surface area contributed by atoms with Gasteiger partial charge in [0.2, 0.25) is 0 Å². The molecule has 0 fully saturated rings. The molecule has 0 aromatic carbocycles. The molecule has 8 heteroatoms. The molecular formula is C17H41O7Ti-. The van der Waals surface area contributed by atoms with E-state index in [9.17, 15) is 4.79 Å². The van der Waals surface area contributed by atoms with Gasteiger partial charge in [0.1, 0.15) is 0 Å². The fourth-order valence-electron chi connectivity index (χ4n) is 0.298. The summed E-state index contributed by atoms with van der Waals surface area (Å²) in [5, 5.41) is 32.3. The minimum atomic E-state index is -1.13. The van der Waals surface area contributed by atoms with Crippen molar-refractivity contribution in [3.8, 4) is 0 Å². The van der Waals surface area contributed by atoms with Crippen molar-refractivity contribution in [3.63, 3.8) is 0 Å². The number of carboxylic acid groups (broad SMARTS) is 1. The number of carbonyl (C=O) groups is 1. The molecular weight excluding hydrogens is 364 g/mol. The number of rotatable bonds is 3. The molecule has 0 spiro atoms. The van der Waals surface area contributed by atoms with Gasteiger partial charge in [-0.3, -0.25) is 0 Å². The second kappa shape index (κ2) is 31.7. The summed E-state index contributed by atoms with van der Waals surface area (Å²) >= 11 is 0. The van der Waals surface area contributed by atoms with Gasteiger partial charge in [-0.1, -0.05) is 0 Å². The fourth-order valence-corrected chi connectivity index (χ4v) is 0.298. The minimum Gasteiger partial charge on any atom is -0.477 e. The predicted molar refractivity (Wildman–Crippen MR) is 97.8 cm³/mol. The third-order valence-electron chi connectivity index (χ3n) is 0.630. The van der Waals surface area contributed by atoms with Crippen LogP contribution in [0.25, 0.3) is 0 Å². The number of aliphatic carboxylic acids is 1. The van der Waals surface area contributed by atoms with Crippen molar-refractivity contribution in [2.75, 3.05) is 14.2 Å². The number of aliphatic hydroxyl groups is 3. The van der Waals surface area contributed by atoms with Crippen molar-refractivity contribution in [1.29, 1.82) is 0 Å². The van der Waals surface area contributed by atoms with E-state index in [1.165, 1.54) is 20.1 Å². The third kappa shape index (κ3) is 182. The van der Waals surface area contributed by atoms with Gasteiger partial charge in [-0.2, -0.15) is 20.8 Å². The Balaban J connectivity index is -0.0000000467. The number of methoxy groups -OCH3 is 2. The normalized spacial score (nSPS) is 8.92. The van der Waals surface area contributed by atoms with Crippen LogP contribution < -0.4 is 0 Å². The average molecular weight is 405 g/mol. The van der Waals surface area contributed by atoms with E-state index >= 15 is 0 Å². The van der Waals surface area contributed by atoms with E-state index in [1.807, 2.05) is 0 Å². The van der Waals surface area contributed by atoms with Crippen LogP contribution in [-0.2, 0) is 36.0 Å². The van der Waals surface area contributed by atoms with Crippen LogP contribution >= 0.6 is 0 Å². The van der Waals surface area contributed by atoms with Crippen LogP contribution in [0.3, 0.4) is 0 Å². The maximum Gasteiger partial charge on any atom is 0.361 e. The Bertz CT molecular complexity index is 184. The first kappa shape index (κ1) is 39.9. The Labute approximate surface area is 169 Å². The van der Waals surface area contributed by atoms with Gasteiger partial charge in [-0.05, 0) is 41.5 Å². The van der Waals surface area contributed by atoms with Gasteiger partial charge in [0, 0.05) is 54.2 Å². The predicted octanol–water partition coefficient (Wildman–Crippen LogP) is 2.47. The first-order chi connectivity index (χ1) is 10.6. The number of ether oxygens (including phenoxy) is 2. The van der Waals surface area contributed by atoms with Gasteiger partial charge in [-0.25, -0.2) is 4.79 Å². The van der Waals surface area contributed by atoms with Crippen molar-refractivity contribution >= 4 is 5.97 Å². The molecule has 156 valence electrons. The van der Waals surface area contributed by atoms with Gasteiger partial charge in [0.15, 0.2) is 0 Å². The SMILES string of the molecule is CC(C)O.CC(C)O.CC(C)O.COC(OC)C(=O)O.C[C-](C)C.[Ti]. The van der Waals surface area contributed by atoms with Gasteiger partial charge in [0.25, 0.3) is 6.29 Å². The Morgan fingerprint density at radius 2 is 0.880 bits per heavy atom. The molecule has 0 radical (unpaired) electrons. The van der Waals surface area contributed by atoms with Crippen LogP contribution in [-0.4, -0.2) is 65.2 Å². The smallest absolute Gasteiger partial charge is 0.361 e. The third-order valence-corrected chi connectivity index (χ3v) is 0.630. The molecule has 0 amide bonds. The Kier molecular flexibility index (Phi) is 50.6. The molecule has 0 bridgehead atoms. The summed E-state index contributed by atoms with van der Waals surface area (Å²) in [5.41, 5.74) is 0. The molecule has 0 aliphatic carbocycles. The quantitative estimate of drug-likeness (QED) is 0.324. The van der Waals surface area contributed by atoms with E-state index in [4.69, 9.17) is 20.4 Å². The van der Waals surface area contributed by atoms with Gasteiger partial charge >= 0.3 is 5.97 Å². The number of carboxylic acids is 1. The van der Waals surface area contributed by atoms with Gasteiger partial charge in [-0.15, -0.1) is 0 Å². The maximum atomic E-state index is 9.91. The summed E-state index contributed by atoms with van der Waals surface area (Å²) in [6.45, 7) is 16.6. The summed E-state index contributed by atoms with van der Waals surface area (Å²) in [4.78, 5) is 9.91. The van der Waals surface area contributed by atoms with Gasteiger partial charge in [0.05, 0.1) is 0 Å². The van der Waals surface area contributed by atoms with E-state index in [0.717, 1.165) is 0 Å².